The van der Waals surface area contributed by atoms with E-state index in [4.69, 9.17) is 4.74 Å². The highest BCUT2D eigenvalue weighted by molar-refractivity contribution is 14.1. The molecule has 0 heterocycles. The summed E-state index contributed by atoms with van der Waals surface area (Å²) in [5, 5.41) is 23.6. The van der Waals surface area contributed by atoms with Crippen molar-refractivity contribution in [3.8, 4) is 5.75 Å². The van der Waals surface area contributed by atoms with Crippen molar-refractivity contribution in [3.63, 3.8) is 0 Å². The van der Waals surface area contributed by atoms with E-state index >= 15 is 0 Å². The van der Waals surface area contributed by atoms with Crippen LogP contribution in [-0.4, -0.2) is 58.3 Å². The number of carbonyl (C=O) groups excluding carboxylic acids is 2. The Morgan fingerprint density at radius 2 is 1.82 bits per heavy atom. The van der Waals surface area contributed by atoms with Gasteiger partial charge in [-0.3, -0.25) is 9.59 Å². The number of hydrogen-bond acceptors (Lipinski definition) is 5. The molecule has 3 aliphatic carbocycles. The number of ether oxygens (including phenoxy) is 1. The summed E-state index contributed by atoms with van der Waals surface area (Å²) >= 11 is 2.18. The van der Waals surface area contributed by atoms with E-state index in [9.17, 15) is 19.8 Å². The summed E-state index contributed by atoms with van der Waals surface area (Å²) in [5.74, 6) is 2.05. The Morgan fingerprint density at radius 3 is 2.51 bits per heavy atom. The van der Waals surface area contributed by atoms with E-state index in [1.807, 2.05) is 54.6 Å². The maximum Gasteiger partial charge on any atom is 0.247 e. The van der Waals surface area contributed by atoms with Gasteiger partial charge in [0.15, 0.2) is 0 Å². The van der Waals surface area contributed by atoms with Crippen molar-refractivity contribution < 1.29 is 24.5 Å². The molecule has 0 spiro atoms. The first-order chi connectivity index (χ1) is 18.9. The van der Waals surface area contributed by atoms with Gasteiger partial charge in [0.2, 0.25) is 11.8 Å². The average molecular weight is 645 g/mol. The zero-order chi connectivity index (χ0) is 27.4. The van der Waals surface area contributed by atoms with Gasteiger partial charge in [0.1, 0.15) is 18.0 Å². The monoisotopic (exact) mass is 644 g/mol. The number of amides is 2. The minimum absolute atomic E-state index is 0.0190. The van der Waals surface area contributed by atoms with Gasteiger partial charge in [0.05, 0.1) is 16.2 Å². The molecule has 3 N–H and O–H groups in total. The highest BCUT2D eigenvalue weighted by Crippen LogP contribution is 2.49. The Kier molecular flexibility index (Phi) is 9.25. The Hall–Kier alpha value is -2.43. The summed E-state index contributed by atoms with van der Waals surface area (Å²) in [6, 6.07) is 16.7. The van der Waals surface area contributed by atoms with Crippen molar-refractivity contribution >= 4 is 34.4 Å². The number of aliphatic hydroxyl groups excluding tert-OH is 2. The topological polar surface area (TPSA) is 99.1 Å². The van der Waals surface area contributed by atoms with Crippen LogP contribution in [0.25, 0.3) is 0 Å². The van der Waals surface area contributed by atoms with Crippen LogP contribution in [0.3, 0.4) is 0 Å². The minimum Gasteiger partial charge on any atom is -0.482 e. The fraction of sp³-hybridized carbons (Fsp3) is 0.484. The molecule has 2 amide bonds. The van der Waals surface area contributed by atoms with E-state index in [0.717, 1.165) is 21.5 Å². The lowest BCUT2D eigenvalue weighted by Crippen LogP contribution is -2.55. The maximum absolute atomic E-state index is 14.0. The summed E-state index contributed by atoms with van der Waals surface area (Å²) in [6.45, 7) is 0.307. The summed E-state index contributed by atoms with van der Waals surface area (Å²) < 4.78 is 7.15. The quantitative estimate of drug-likeness (QED) is 0.339. The Morgan fingerprint density at radius 1 is 1.05 bits per heavy atom. The molecule has 6 atom stereocenters. The van der Waals surface area contributed by atoms with E-state index in [0.29, 0.717) is 36.1 Å². The molecule has 6 unspecified atom stereocenters. The molecule has 2 aromatic carbocycles. The predicted octanol–water partition coefficient (Wildman–Crippen LogP) is 4.06. The molecule has 7 nitrogen and oxygen atoms in total. The van der Waals surface area contributed by atoms with Crippen molar-refractivity contribution in [2.45, 2.75) is 63.3 Å². The molecule has 3 aliphatic rings. The first kappa shape index (κ1) is 28.1. The van der Waals surface area contributed by atoms with E-state index in [2.05, 4.69) is 27.9 Å². The van der Waals surface area contributed by atoms with Crippen molar-refractivity contribution in [3.05, 3.63) is 75.4 Å². The van der Waals surface area contributed by atoms with Gasteiger partial charge in [0.25, 0.3) is 0 Å². The number of nitrogens with zero attached hydrogens (tertiary/aromatic N) is 1. The van der Waals surface area contributed by atoms with Crippen LogP contribution in [-0.2, 0) is 16.1 Å². The molecule has 208 valence electrons. The molecule has 0 radical (unpaired) electrons. The molecule has 39 heavy (non-hydrogen) atoms. The van der Waals surface area contributed by atoms with Crippen LogP contribution in [0.4, 0.5) is 0 Å². The summed E-state index contributed by atoms with van der Waals surface area (Å²) in [6.07, 6.45) is 5.32. The van der Waals surface area contributed by atoms with Crippen LogP contribution in [0, 0.1) is 21.3 Å². The van der Waals surface area contributed by atoms with Gasteiger partial charge < -0.3 is 25.2 Å². The summed E-state index contributed by atoms with van der Waals surface area (Å²) in [7, 11) is 0. The molecule has 2 aromatic rings. The van der Waals surface area contributed by atoms with E-state index in [1.165, 1.54) is 19.3 Å². The number of nitrogens with one attached hydrogen (secondary N) is 1. The molecule has 2 bridgehead atoms. The van der Waals surface area contributed by atoms with Gasteiger partial charge in [-0.25, -0.2) is 0 Å². The van der Waals surface area contributed by atoms with Crippen LogP contribution >= 0.6 is 22.6 Å². The van der Waals surface area contributed by atoms with Crippen molar-refractivity contribution in [2.75, 3.05) is 13.2 Å². The van der Waals surface area contributed by atoms with Crippen LogP contribution in [0.5, 0.6) is 5.75 Å². The molecule has 0 aliphatic heterocycles. The second-order valence-electron chi connectivity index (χ2n) is 11.1. The van der Waals surface area contributed by atoms with Crippen molar-refractivity contribution in [1.82, 2.24) is 10.2 Å². The third-order valence-corrected chi connectivity index (χ3v) is 9.44. The Labute approximate surface area is 243 Å². The number of benzene rings is 2. The van der Waals surface area contributed by atoms with Crippen LogP contribution in [0.1, 0.15) is 44.1 Å². The largest absolute Gasteiger partial charge is 0.482 e. The third-order valence-electron chi connectivity index (χ3n) is 8.55. The Balaban J connectivity index is 1.44. The standard InChI is InChI=1S/C31H37IN2O5/c32-25-8-4-5-9-27(25)39-28-17-24(31(38)33-12-13-35)16-26(30(28)37)34(19-20-6-2-1-3-7-20)29(36)18-23-15-21-10-11-22(23)14-21/h1-9,17,21-23,26,28,30,35,37H,10-16,18-19H2,(H,33,38). The fourth-order valence-electron chi connectivity index (χ4n) is 6.60. The molecule has 0 saturated heterocycles. The predicted molar refractivity (Wildman–Crippen MR) is 157 cm³/mol. The number of para-hydroxylation sites is 1. The van der Waals surface area contributed by atoms with E-state index in [-0.39, 0.29) is 31.4 Å². The van der Waals surface area contributed by atoms with Gasteiger partial charge in [-0.15, -0.1) is 0 Å². The van der Waals surface area contributed by atoms with Crippen LogP contribution in [0.2, 0.25) is 0 Å². The van der Waals surface area contributed by atoms with Gasteiger partial charge in [-0.1, -0.05) is 48.9 Å². The smallest absolute Gasteiger partial charge is 0.247 e. The first-order valence-electron chi connectivity index (χ1n) is 13.9. The van der Waals surface area contributed by atoms with Crippen LogP contribution < -0.4 is 10.1 Å². The lowest BCUT2D eigenvalue weighted by Gasteiger charge is -2.41. The number of rotatable bonds is 10. The van der Waals surface area contributed by atoms with E-state index in [1.54, 1.807) is 11.0 Å². The zero-order valence-corrected chi connectivity index (χ0v) is 24.2. The lowest BCUT2D eigenvalue weighted by molar-refractivity contribution is -0.141. The molecule has 2 saturated carbocycles. The third kappa shape index (κ3) is 6.66. The SMILES string of the molecule is O=C(NCCO)C1=CC(Oc2ccccc2I)C(O)C(N(Cc2ccccc2)C(=O)CC2CC3CCC2C3)C1. The molecule has 8 heteroatoms. The summed E-state index contributed by atoms with van der Waals surface area (Å²) in [4.78, 5) is 28.9. The summed E-state index contributed by atoms with van der Waals surface area (Å²) in [5.41, 5.74) is 1.42. The van der Waals surface area contributed by atoms with Gasteiger partial charge in [0, 0.05) is 31.5 Å². The number of halogens is 1. The average Bonchev–Trinajstić information content (AvgIpc) is 3.57. The molecular formula is C31H37IN2O5. The second-order valence-corrected chi connectivity index (χ2v) is 12.3. The zero-order valence-electron chi connectivity index (χ0n) is 22.0. The number of aliphatic hydroxyl groups is 2. The molecular weight excluding hydrogens is 607 g/mol. The Bertz CT molecular complexity index is 1190. The second kappa shape index (κ2) is 12.8. The van der Waals surface area contributed by atoms with Gasteiger partial charge in [-0.2, -0.15) is 0 Å². The number of hydrogen-bond donors (Lipinski definition) is 3. The maximum atomic E-state index is 14.0. The molecule has 2 fully saturated rings. The first-order valence-corrected chi connectivity index (χ1v) is 15.0. The molecule has 0 aromatic heterocycles. The lowest BCUT2D eigenvalue weighted by atomic mass is 9.84. The van der Waals surface area contributed by atoms with E-state index < -0.39 is 18.2 Å². The number of fused-ring (bicyclic) bond motifs is 2. The molecule has 5 rings (SSSR count). The minimum atomic E-state index is -1.02. The number of carbonyl (C=O) groups is 2. The van der Waals surface area contributed by atoms with Crippen LogP contribution in [0.15, 0.2) is 66.2 Å². The highest BCUT2D eigenvalue weighted by atomic mass is 127. The fourth-order valence-corrected chi connectivity index (χ4v) is 7.12. The van der Waals surface area contributed by atoms with Crippen molar-refractivity contribution in [1.29, 1.82) is 0 Å². The van der Waals surface area contributed by atoms with Gasteiger partial charge >= 0.3 is 0 Å². The normalized spacial score (nSPS) is 27.6. The highest BCUT2D eigenvalue weighted by Gasteiger charge is 2.44. The van der Waals surface area contributed by atoms with Gasteiger partial charge in [-0.05, 0) is 83.4 Å². The van der Waals surface area contributed by atoms with Crippen molar-refractivity contribution in [2.24, 2.45) is 17.8 Å².